The van der Waals surface area contributed by atoms with Crippen molar-refractivity contribution >= 4 is 23.4 Å². The van der Waals surface area contributed by atoms with Crippen LogP contribution in [-0.2, 0) is 4.74 Å². The molecule has 5 nitrogen and oxygen atoms in total. The Bertz CT molecular complexity index is 815. The molecule has 1 unspecified atom stereocenters. The van der Waals surface area contributed by atoms with Gasteiger partial charge in [0.15, 0.2) is 5.78 Å². The predicted molar refractivity (Wildman–Crippen MR) is 88.1 cm³/mol. The lowest BCUT2D eigenvalue weighted by atomic mass is 9.98. The van der Waals surface area contributed by atoms with Gasteiger partial charge in [0.1, 0.15) is 17.6 Å². The first-order valence-corrected chi connectivity index (χ1v) is 7.67. The van der Waals surface area contributed by atoms with Crippen molar-refractivity contribution in [1.29, 1.82) is 0 Å². The van der Waals surface area contributed by atoms with Crippen molar-refractivity contribution in [3.05, 3.63) is 58.1 Å². The highest BCUT2D eigenvalue weighted by Gasteiger charge is 2.33. The zero-order valence-corrected chi connectivity index (χ0v) is 13.9. The van der Waals surface area contributed by atoms with Gasteiger partial charge in [0.25, 0.3) is 0 Å². The number of hydrogen-bond donors (Lipinski definition) is 0. The van der Waals surface area contributed by atoms with E-state index in [1.807, 2.05) is 0 Å². The monoisotopic (exact) mass is 346 g/mol. The molecule has 0 aliphatic carbocycles. The Hall–Kier alpha value is -2.53. The zero-order chi connectivity index (χ0) is 17.3. The number of carbonyl (C=O) groups is 2. The minimum atomic E-state index is -0.658. The molecule has 0 saturated carbocycles. The van der Waals surface area contributed by atoms with E-state index < -0.39 is 12.1 Å². The molecule has 24 heavy (non-hydrogen) atoms. The number of cyclic esters (lactones) is 1. The second-order valence-corrected chi connectivity index (χ2v) is 5.76. The summed E-state index contributed by atoms with van der Waals surface area (Å²) in [6, 6.07) is 9.87. The van der Waals surface area contributed by atoms with E-state index in [0.717, 1.165) is 0 Å². The molecule has 0 radical (unpaired) electrons. The highest BCUT2D eigenvalue weighted by molar-refractivity contribution is 6.30. The van der Waals surface area contributed by atoms with Gasteiger partial charge in [0, 0.05) is 10.6 Å². The van der Waals surface area contributed by atoms with Crippen molar-refractivity contribution in [2.45, 2.75) is 12.5 Å². The van der Waals surface area contributed by atoms with Crippen LogP contribution in [0.4, 0.5) is 0 Å². The maximum atomic E-state index is 12.7. The second-order valence-electron chi connectivity index (χ2n) is 5.32. The number of benzene rings is 2. The maximum Gasteiger partial charge on any atom is 0.339 e. The number of Topliss-reactive ketones (excluding diaryl/α,β-unsaturated/α-hetero) is 1. The van der Waals surface area contributed by atoms with Gasteiger partial charge in [-0.15, -0.1) is 0 Å². The van der Waals surface area contributed by atoms with Crippen molar-refractivity contribution < 1.29 is 23.8 Å². The summed E-state index contributed by atoms with van der Waals surface area (Å²) in [6.07, 6.45) is -0.655. The first kappa shape index (κ1) is 16.3. The molecule has 1 aliphatic heterocycles. The molecular formula is C18H15ClO5. The van der Waals surface area contributed by atoms with Crippen LogP contribution in [0.25, 0.3) is 0 Å². The SMILES string of the molecule is COc1ccc(OC)c(C(=O)CC2OC(=O)c3ccc(Cl)cc32)c1. The molecule has 1 aliphatic rings. The molecule has 0 spiro atoms. The first-order valence-electron chi connectivity index (χ1n) is 7.29. The number of ketones is 1. The number of rotatable bonds is 5. The van der Waals surface area contributed by atoms with E-state index in [1.165, 1.54) is 14.2 Å². The molecule has 0 aromatic heterocycles. The summed E-state index contributed by atoms with van der Waals surface area (Å²) in [5.74, 6) is 0.330. The Kier molecular flexibility index (Phi) is 4.44. The van der Waals surface area contributed by atoms with Crippen LogP contribution in [0.3, 0.4) is 0 Å². The van der Waals surface area contributed by atoms with Gasteiger partial charge in [0.2, 0.25) is 0 Å². The van der Waals surface area contributed by atoms with Crippen molar-refractivity contribution in [1.82, 2.24) is 0 Å². The second kappa shape index (κ2) is 6.53. The lowest BCUT2D eigenvalue weighted by molar-refractivity contribution is 0.0367. The van der Waals surface area contributed by atoms with Gasteiger partial charge >= 0.3 is 5.97 Å². The highest BCUT2D eigenvalue weighted by Crippen LogP contribution is 2.36. The van der Waals surface area contributed by atoms with Gasteiger partial charge in [-0.05, 0) is 36.4 Å². The lowest BCUT2D eigenvalue weighted by Crippen LogP contribution is -2.09. The molecule has 124 valence electrons. The summed E-state index contributed by atoms with van der Waals surface area (Å²) in [5, 5.41) is 0.489. The number of ether oxygens (including phenoxy) is 3. The molecule has 0 saturated heterocycles. The Balaban J connectivity index is 1.89. The van der Waals surface area contributed by atoms with E-state index in [9.17, 15) is 9.59 Å². The fourth-order valence-electron chi connectivity index (χ4n) is 2.70. The molecule has 6 heteroatoms. The normalized spacial score (nSPS) is 15.6. The topological polar surface area (TPSA) is 61.8 Å². The minimum Gasteiger partial charge on any atom is -0.497 e. The van der Waals surface area contributed by atoms with E-state index in [2.05, 4.69) is 0 Å². The quantitative estimate of drug-likeness (QED) is 0.608. The van der Waals surface area contributed by atoms with Crippen molar-refractivity contribution in [2.75, 3.05) is 14.2 Å². The van der Waals surface area contributed by atoms with E-state index in [4.69, 9.17) is 25.8 Å². The Morgan fingerprint density at radius 3 is 2.67 bits per heavy atom. The third-order valence-corrected chi connectivity index (χ3v) is 4.14. The summed E-state index contributed by atoms with van der Waals surface area (Å²) >= 11 is 5.99. The third kappa shape index (κ3) is 2.95. The van der Waals surface area contributed by atoms with Crippen LogP contribution in [0, 0.1) is 0 Å². The molecule has 3 rings (SSSR count). The summed E-state index contributed by atoms with van der Waals surface area (Å²) in [7, 11) is 3.01. The summed E-state index contributed by atoms with van der Waals surface area (Å²) in [6.45, 7) is 0. The summed E-state index contributed by atoms with van der Waals surface area (Å²) < 4.78 is 15.7. The highest BCUT2D eigenvalue weighted by atomic mass is 35.5. The van der Waals surface area contributed by atoms with E-state index in [-0.39, 0.29) is 12.2 Å². The van der Waals surface area contributed by atoms with Crippen LogP contribution in [0.5, 0.6) is 11.5 Å². The number of methoxy groups -OCH3 is 2. The van der Waals surface area contributed by atoms with E-state index in [0.29, 0.717) is 33.2 Å². The van der Waals surface area contributed by atoms with Crippen LogP contribution in [0.1, 0.15) is 38.8 Å². The zero-order valence-electron chi connectivity index (χ0n) is 13.2. The van der Waals surface area contributed by atoms with Gasteiger partial charge in [-0.25, -0.2) is 4.79 Å². The van der Waals surface area contributed by atoms with Crippen molar-refractivity contribution in [2.24, 2.45) is 0 Å². The van der Waals surface area contributed by atoms with Crippen molar-refractivity contribution in [3.63, 3.8) is 0 Å². The summed E-state index contributed by atoms with van der Waals surface area (Å²) in [5.41, 5.74) is 1.45. The number of hydrogen-bond acceptors (Lipinski definition) is 5. The number of fused-ring (bicyclic) bond motifs is 1. The number of esters is 1. The smallest absolute Gasteiger partial charge is 0.339 e. The average molecular weight is 347 g/mol. The molecule has 0 bridgehead atoms. The van der Waals surface area contributed by atoms with Gasteiger partial charge < -0.3 is 14.2 Å². The van der Waals surface area contributed by atoms with Gasteiger partial charge in [-0.1, -0.05) is 11.6 Å². The standard InChI is InChI=1S/C18H15ClO5/c1-22-11-4-6-16(23-2)14(8-11)15(20)9-17-13-7-10(19)3-5-12(13)18(21)24-17/h3-8,17H,9H2,1-2H3. The van der Waals surface area contributed by atoms with Crippen LogP contribution in [-0.4, -0.2) is 26.0 Å². The molecule has 1 heterocycles. The number of carbonyl (C=O) groups excluding carboxylic acids is 2. The molecule has 0 N–H and O–H groups in total. The Labute approximate surface area is 144 Å². The predicted octanol–water partition coefficient (Wildman–Crippen LogP) is 3.84. The maximum absolute atomic E-state index is 12.7. The molecule has 2 aromatic rings. The number of halogens is 1. The lowest BCUT2D eigenvalue weighted by Gasteiger charge is -2.13. The van der Waals surface area contributed by atoms with Crippen LogP contribution in [0.2, 0.25) is 5.02 Å². The molecule has 1 atom stereocenters. The largest absolute Gasteiger partial charge is 0.497 e. The fourth-order valence-corrected chi connectivity index (χ4v) is 2.88. The van der Waals surface area contributed by atoms with Crippen LogP contribution < -0.4 is 9.47 Å². The summed E-state index contributed by atoms with van der Waals surface area (Å²) in [4.78, 5) is 24.6. The first-order chi connectivity index (χ1) is 11.5. The van der Waals surface area contributed by atoms with Gasteiger partial charge in [-0.2, -0.15) is 0 Å². The van der Waals surface area contributed by atoms with Crippen LogP contribution in [0.15, 0.2) is 36.4 Å². The average Bonchev–Trinajstić information content (AvgIpc) is 2.89. The Morgan fingerprint density at radius 1 is 1.17 bits per heavy atom. The van der Waals surface area contributed by atoms with Gasteiger partial charge in [-0.3, -0.25) is 4.79 Å². The third-order valence-electron chi connectivity index (χ3n) is 3.91. The fraction of sp³-hybridized carbons (Fsp3) is 0.222. The Morgan fingerprint density at radius 2 is 1.96 bits per heavy atom. The molecule has 2 aromatic carbocycles. The van der Waals surface area contributed by atoms with Crippen LogP contribution >= 0.6 is 11.6 Å². The minimum absolute atomic E-state index is 0.00259. The molecule has 0 fully saturated rings. The molecule has 0 amide bonds. The van der Waals surface area contributed by atoms with Gasteiger partial charge in [0.05, 0.1) is 31.8 Å². The van der Waals surface area contributed by atoms with E-state index >= 15 is 0 Å². The van der Waals surface area contributed by atoms with Crippen molar-refractivity contribution in [3.8, 4) is 11.5 Å². The van der Waals surface area contributed by atoms with E-state index in [1.54, 1.807) is 36.4 Å². The molecular weight excluding hydrogens is 332 g/mol.